The molecule has 156 valence electrons. The zero-order valence-electron chi connectivity index (χ0n) is 16.1. The molecule has 2 aromatic carbocycles. The minimum atomic E-state index is -0.806. The first-order valence-corrected chi connectivity index (χ1v) is 9.45. The third-order valence-electron chi connectivity index (χ3n) is 5.01. The lowest BCUT2D eigenvalue weighted by molar-refractivity contribution is -0.384. The van der Waals surface area contributed by atoms with Gasteiger partial charge in [-0.2, -0.15) is 0 Å². The third-order valence-corrected chi connectivity index (χ3v) is 5.01. The van der Waals surface area contributed by atoms with E-state index in [9.17, 15) is 19.7 Å². The van der Waals surface area contributed by atoms with Crippen molar-refractivity contribution in [3.63, 3.8) is 0 Å². The highest BCUT2D eigenvalue weighted by Crippen LogP contribution is 2.32. The maximum Gasteiger partial charge on any atom is 0.313 e. The van der Waals surface area contributed by atoms with E-state index in [0.717, 1.165) is 17.1 Å². The number of hydrogen-bond acceptors (Lipinski definition) is 7. The van der Waals surface area contributed by atoms with Crippen molar-refractivity contribution in [2.24, 2.45) is 0 Å². The summed E-state index contributed by atoms with van der Waals surface area (Å²) in [4.78, 5) is 38.7. The van der Waals surface area contributed by atoms with Gasteiger partial charge >= 0.3 is 11.8 Å². The molecule has 10 nitrogen and oxygen atoms in total. The van der Waals surface area contributed by atoms with E-state index in [1.165, 1.54) is 29.2 Å². The molecule has 30 heavy (non-hydrogen) atoms. The number of piperazine rings is 1. The second kappa shape index (κ2) is 8.37. The molecule has 0 aromatic heterocycles. The first kappa shape index (κ1) is 19.6. The van der Waals surface area contributed by atoms with Crippen molar-refractivity contribution in [2.45, 2.75) is 6.54 Å². The normalized spacial score (nSPS) is 15.7. The number of fused-ring (bicyclic) bond motifs is 1. The number of carbonyl (C=O) groups excluding carboxylic acids is 2. The van der Waals surface area contributed by atoms with Gasteiger partial charge in [-0.25, -0.2) is 0 Å². The Bertz CT molecular complexity index is 987. The number of carbonyl (C=O) groups is 2. The second-order valence-corrected chi connectivity index (χ2v) is 7.02. The van der Waals surface area contributed by atoms with Crippen LogP contribution >= 0.6 is 0 Å². The van der Waals surface area contributed by atoms with Gasteiger partial charge in [0, 0.05) is 50.5 Å². The van der Waals surface area contributed by atoms with Crippen LogP contribution in [0, 0.1) is 10.1 Å². The molecule has 2 heterocycles. The first-order chi connectivity index (χ1) is 14.5. The van der Waals surface area contributed by atoms with E-state index in [-0.39, 0.29) is 18.2 Å². The topological polar surface area (TPSA) is 114 Å². The van der Waals surface area contributed by atoms with Crippen molar-refractivity contribution in [2.75, 3.05) is 38.3 Å². The summed E-state index contributed by atoms with van der Waals surface area (Å²) in [5.41, 5.74) is 1.14. The molecule has 0 unspecified atom stereocenters. The monoisotopic (exact) mass is 412 g/mol. The number of nitro benzene ring substituents is 1. The molecule has 0 atom stereocenters. The molecule has 2 aliphatic heterocycles. The molecule has 0 aliphatic carbocycles. The number of hydrogen-bond donors (Lipinski definition) is 1. The summed E-state index contributed by atoms with van der Waals surface area (Å²) < 4.78 is 10.7. The standard InChI is InChI=1S/C20H20N4O6/c25-19(21-15-2-1-3-16(11-15)24(27)28)20(26)23-8-6-22(7-9-23)12-14-4-5-17-18(10-14)30-13-29-17/h1-5,10-11H,6-9,12-13H2,(H,21,25). The Morgan fingerprint density at radius 2 is 1.80 bits per heavy atom. The molecule has 1 fully saturated rings. The largest absolute Gasteiger partial charge is 0.454 e. The zero-order valence-corrected chi connectivity index (χ0v) is 16.1. The van der Waals surface area contributed by atoms with Crippen molar-refractivity contribution in [1.29, 1.82) is 0 Å². The van der Waals surface area contributed by atoms with Gasteiger partial charge in [-0.05, 0) is 23.8 Å². The number of nitrogens with one attached hydrogen (secondary N) is 1. The van der Waals surface area contributed by atoms with Gasteiger partial charge in [-0.3, -0.25) is 24.6 Å². The average molecular weight is 412 g/mol. The lowest BCUT2D eigenvalue weighted by Gasteiger charge is -2.34. The number of non-ortho nitro benzene ring substituents is 1. The number of nitrogens with zero attached hydrogens (tertiary/aromatic N) is 3. The summed E-state index contributed by atoms with van der Waals surface area (Å²) in [5, 5.41) is 13.3. The van der Waals surface area contributed by atoms with Gasteiger partial charge in [0.15, 0.2) is 11.5 Å². The number of rotatable bonds is 4. The van der Waals surface area contributed by atoms with Crippen LogP contribution in [0.15, 0.2) is 42.5 Å². The van der Waals surface area contributed by atoms with Crippen LogP contribution in [0.2, 0.25) is 0 Å². The Morgan fingerprint density at radius 1 is 1.03 bits per heavy atom. The summed E-state index contributed by atoms with van der Waals surface area (Å²) >= 11 is 0. The Morgan fingerprint density at radius 3 is 2.57 bits per heavy atom. The highest BCUT2D eigenvalue weighted by atomic mass is 16.7. The van der Waals surface area contributed by atoms with E-state index in [1.54, 1.807) is 0 Å². The molecular weight excluding hydrogens is 392 g/mol. The molecule has 0 spiro atoms. The smallest absolute Gasteiger partial charge is 0.313 e. The van der Waals surface area contributed by atoms with E-state index in [1.807, 2.05) is 18.2 Å². The van der Waals surface area contributed by atoms with E-state index >= 15 is 0 Å². The Hall–Kier alpha value is -3.66. The van der Waals surface area contributed by atoms with Crippen molar-refractivity contribution >= 4 is 23.2 Å². The van der Waals surface area contributed by atoms with Crippen molar-refractivity contribution < 1.29 is 24.0 Å². The van der Waals surface area contributed by atoms with Gasteiger partial charge < -0.3 is 19.7 Å². The van der Waals surface area contributed by atoms with Crippen LogP contribution in [-0.4, -0.2) is 59.5 Å². The maximum absolute atomic E-state index is 12.4. The molecular formula is C20H20N4O6. The summed E-state index contributed by atoms with van der Waals surface area (Å²) in [6.45, 7) is 3.04. The molecule has 1 saturated heterocycles. The van der Waals surface area contributed by atoms with Gasteiger partial charge in [-0.15, -0.1) is 0 Å². The lowest BCUT2D eigenvalue weighted by Crippen LogP contribution is -2.51. The molecule has 1 N–H and O–H groups in total. The predicted molar refractivity (Wildman–Crippen MR) is 106 cm³/mol. The molecule has 4 rings (SSSR count). The van der Waals surface area contributed by atoms with Crippen LogP contribution in [0.4, 0.5) is 11.4 Å². The highest BCUT2D eigenvalue weighted by molar-refractivity contribution is 6.39. The highest BCUT2D eigenvalue weighted by Gasteiger charge is 2.26. The zero-order chi connectivity index (χ0) is 21.1. The average Bonchev–Trinajstić information content (AvgIpc) is 3.22. The Labute approximate surface area is 172 Å². The molecule has 2 aromatic rings. The van der Waals surface area contributed by atoms with Gasteiger partial charge in [0.05, 0.1) is 4.92 Å². The van der Waals surface area contributed by atoms with Crippen LogP contribution in [0.25, 0.3) is 0 Å². The Kier molecular flexibility index (Phi) is 5.48. The fourth-order valence-corrected chi connectivity index (χ4v) is 3.43. The van der Waals surface area contributed by atoms with E-state index in [4.69, 9.17) is 9.47 Å². The van der Waals surface area contributed by atoms with Crippen LogP contribution in [0.5, 0.6) is 11.5 Å². The minimum Gasteiger partial charge on any atom is -0.454 e. The molecule has 0 saturated carbocycles. The van der Waals surface area contributed by atoms with Crippen molar-refractivity contribution in [1.82, 2.24) is 9.80 Å². The van der Waals surface area contributed by atoms with Gasteiger partial charge in [-0.1, -0.05) is 12.1 Å². The number of anilines is 1. The van der Waals surface area contributed by atoms with Crippen molar-refractivity contribution in [3.05, 3.63) is 58.1 Å². The molecule has 2 amide bonds. The van der Waals surface area contributed by atoms with Crippen LogP contribution in [-0.2, 0) is 16.1 Å². The molecule has 10 heteroatoms. The van der Waals surface area contributed by atoms with Gasteiger partial charge in [0.2, 0.25) is 6.79 Å². The fourth-order valence-electron chi connectivity index (χ4n) is 3.43. The van der Waals surface area contributed by atoms with Crippen molar-refractivity contribution in [3.8, 4) is 11.5 Å². The van der Waals surface area contributed by atoms with Crippen LogP contribution in [0.3, 0.4) is 0 Å². The van der Waals surface area contributed by atoms with E-state index in [2.05, 4.69) is 10.2 Å². The number of nitro groups is 1. The SMILES string of the molecule is O=C(Nc1cccc([N+](=O)[O-])c1)C(=O)N1CCN(Cc2ccc3c(c2)OCO3)CC1. The number of benzene rings is 2. The van der Waals surface area contributed by atoms with Crippen LogP contribution in [0.1, 0.15) is 5.56 Å². The maximum atomic E-state index is 12.4. The number of amides is 2. The van der Waals surface area contributed by atoms with Crippen LogP contribution < -0.4 is 14.8 Å². The lowest BCUT2D eigenvalue weighted by atomic mass is 10.1. The summed E-state index contributed by atoms with van der Waals surface area (Å²) in [5.74, 6) is 0.0204. The molecule has 2 aliphatic rings. The van der Waals surface area contributed by atoms with E-state index < -0.39 is 16.7 Å². The first-order valence-electron chi connectivity index (χ1n) is 9.45. The molecule has 0 bridgehead atoms. The minimum absolute atomic E-state index is 0.155. The van der Waals surface area contributed by atoms with Gasteiger partial charge in [0.25, 0.3) is 5.69 Å². The van der Waals surface area contributed by atoms with Gasteiger partial charge in [0.1, 0.15) is 0 Å². The summed E-state index contributed by atoms with van der Waals surface area (Å²) in [6, 6.07) is 11.3. The quantitative estimate of drug-likeness (QED) is 0.461. The van der Waals surface area contributed by atoms with E-state index in [0.29, 0.717) is 32.7 Å². The second-order valence-electron chi connectivity index (χ2n) is 7.02. The summed E-state index contributed by atoms with van der Waals surface area (Å²) in [7, 11) is 0. The molecule has 0 radical (unpaired) electrons. The Balaban J connectivity index is 1.29. The third kappa shape index (κ3) is 4.33. The predicted octanol–water partition coefficient (Wildman–Crippen LogP) is 1.61. The fraction of sp³-hybridized carbons (Fsp3) is 0.300. The summed E-state index contributed by atoms with van der Waals surface area (Å²) in [6.07, 6.45) is 0. The number of ether oxygens (including phenoxy) is 2.